The minimum atomic E-state index is -0.958. The largest absolute Gasteiger partial charge is 0.478 e. The third kappa shape index (κ3) is 4.87. The number of carboxylic acid groups (broad SMARTS) is 1. The molecule has 1 rings (SSSR count). The van der Waals surface area contributed by atoms with Crippen molar-refractivity contribution in [3.05, 3.63) is 23.4 Å². The van der Waals surface area contributed by atoms with E-state index in [2.05, 4.69) is 24.1 Å². The summed E-state index contributed by atoms with van der Waals surface area (Å²) in [5.41, 5.74) is 0.791. The Labute approximate surface area is 113 Å². The lowest BCUT2D eigenvalue weighted by molar-refractivity contribution is 0.0695. The molecule has 0 radical (unpaired) electrons. The summed E-state index contributed by atoms with van der Waals surface area (Å²) in [6.45, 7) is 6.85. The minimum absolute atomic E-state index is 0.0593. The van der Waals surface area contributed by atoms with Crippen LogP contribution in [0.3, 0.4) is 0 Å². The Morgan fingerprint density at radius 1 is 1.42 bits per heavy atom. The van der Waals surface area contributed by atoms with Gasteiger partial charge in [-0.05, 0) is 37.3 Å². The highest BCUT2D eigenvalue weighted by molar-refractivity contribution is 5.89. The van der Waals surface area contributed by atoms with E-state index in [1.54, 1.807) is 19.1 Å². The predicted octanol–water partition coefficient (Wildman–Crippen LogP) is 2.30. The van der Waals surface area contributed by atoms with E-state index in [0.717, 1.165) is 19.4 Å². The molecule has 0 amide bonds. The number of carboxylic acids is 1. The van der Waals surface area contributed by atoms with Crippen LogP contribution in [0.25, 0.3) is 0 Å². The monoisotopic (exact) mass is 266 g/mol. The Morgan fingerprint density at radius 2 is 2.11 bits per heavy atom. The molecule has 0 atom stereocenters. The van der Waals surface area contributed by atoms with Gasteiger partial charge in [0.2, 0.25) is 0 Å². The summed E-state index contributed by atoms with van der Waals surface area (Å²) in [6.07, 6.45) is 1.70. The molecule has 0 spiro atoms. The number of pyridine rings is 1. The first-order chi connectivity index (χ1) is 8.85. The molecule has 5 heteroatoms. The molecule has 0 bridgehead atoms. The summed E-state index contributed by atoms with van der Waals surface area (Å²) in [7, 11) is 0. The Balaban J connectivity index is 2.63. The van der Waals surface area contributed by atoms with Crippen molar-refractivity contribution in [2.75, 3.05) is 18.5 Å². The molecule has 19 heavy (non-hydrogen) atoms. The molecule has 0 aliphatic heterocycles. The third-order valence-corrected chi connectivity index (χ3v) is 3.08. The van der Waals surface area contributed by atoms with Gasteiger partial charge in [0.15, 0.2) is 0 Å². The number of aliphatic hydroxyl groups is 1. The molecule has 106 valence electrons. The van der Waals surface area contributed by atoms with E-state index >= 15 is 0 Å². The molecular formula is C14H22N2O3. The van der Waals surface area contributed by atoms with Gasteiger partial charge in [0.05, 0.1) is 11.3 Å². The van der Waals surface area contributed by atoms with Crippen molar-refractivity contribution in [1.29, 1.82) is 0 Å². The van der Waals surface area contributed by atoms with Crippen LogP contribution in [-0.2, 0) is 0 Å². The molecule has 1 aromatic rings. The number of rotatable bonds is 7. The fraction of sp³-hybridized carbons (Fsp3) is 0.571. The van der Waals surface area contributed by atoms with Gasteiger partial charge in [-0.1, -0.05) is 13.8 Å². The first kappa shape index (κ1) is 15.4. The number of hydrogen-bond acceptors (Lipinski definition) is 4. The molecule has 0 aliphatic rings. The van der Waals surface area contributed by atoms with Crippen LogP contribution in [0.1, 0.15) is 42.7 Å². The molecule has 0 unspecified atom stereocenters. The van der Waals surface area contributed by atoms with Gasteiger partial charge in [-0.15, -0.1) is 0 Å². The maximum atomic E-state index is 10.9. The quantitative estimate of drug-likeness (QED) is 0.705. The number of aryl methyl sites for hydroxylation is 1. The second-order valence-electron chi connectivity index (χ2n) is 5.48. The van der Waals surface area contributed by atoms with Crippen molar-refractivity contribution < 1.29 is 15.0 Å². The second-order valence-corrected chi connectivity index (χ2v) is 5.48. The third-order valence-electron chi connectivity index (χ3n) is 3.08. The minimum Gasteiger partial charge on any atom is -0.478 e. The van der Waals surface area contributed by atoms with Crippen LogP contribution in [0.2, 0.25) is 0 Å². The van der Waals surface area contributed by atoms with Crippen molar-refractivity contribution in [2.24, 2.45) is 5.41 Å². The molecule has 0 saturated heterocycles. The van der Waals surface area contributed by atoms with E-state index < -0.39 is 5.97 Å². The van der Waals surface area contributed by atoms with Gasteiger partial charge in [-0.2, -0.15) is 0 Å². The van der Waals surface area contributed by atoms with E-state index in [4.69, 9.17) is 10.2 Å². The van der Waals surface area contributed by atoms with Gasteiger partial charge in [-0.3, -0.25) is 0 Å². The molecule has 0 saturated carbocycles. The molecule has 0 fully saturated rings. The predicted molar refractivity (Wildman–Crippen MR) is 74.5 cm³/mol. The molecular weight excluding hydrogens is 244 g/mol. The fourth-order valence-corrected chi connectivity index (χ4v) is 1.86. The normalized spacial score (nSPS) is 11.4. The van der Waals surface area contributed by atoms with Gasteiger partial charge in [0.1, 0.15) is 5.82 Å². The van der Waals surface area contributed by atoms with Gasteiger partial charge in [0.25, 0.3) is 0 Å². The van der Waals surface area contributed by atoms with E-state index in [0.29, 0.717) is 11.5 Å². The highest BCUT2D eigenvalue weighted by Gasteiger charge is 2.17. The summed E-state index contributed by atoms with van der Waals surface area (Å²) < 4.78 is 0. The standard InChI is InChI=1S/C14H22N2O3/c1-10-11(13(18)19)5-6-12(16-10)15-9-14(2,3)7-4-8-17/h5-6,17H,4,7-9H2,1-3H3,(H,15,16)(H,18,19). The van der Waals surface area contributed by atoms with Gasteiger partial charge in [-0.25, -0.2) is 9.78 Å². The number of hydrogen-bond donors (Lipinski definition) is 3. The number of nitrogens with zero attached hydrogens (tertiary/aromatic N) is 1. The van der Waals surface area contributed by atoms with Crippen molar-refractivity contribution in [3.8, 4) is 0 Å². The average Bonchev–Trinajstić information content (AvgIpc) is 2.34. The van der Waals surface area contributed by atoms with Crippen LogP contribution in [0.5, 0.6) is 0 Å². The highest BCUT2D eigenvalue weighted by Crippen LogP contribution is 2.22. The summed E-state index contributed by atoms with van der Waals surface area (Å²) >= 11 is 0. The zero-order chi connectivity index (χ0) is 14.5. The smallest absolute Gasteiger partial charge is 0.337 e. The van der Waals surface area contributed by atoms with Crippen LogP contribution in [0.15, 0.2) is 12.1 Å². The summed E-state index contributed by atoms with van der Waals surface area (Å²) in [5, 5.41) is 21.0. The summed E-state index contributed by atoms with van der Waals surface area (Å²) in [4.78, 5) is 15.1. The lowest BCUT2D eigenvalue weighted by atomic mass is 9.88. The van der Waals surface area contributed by atoms with E-state index in [1.165, 1.54) is 0 Å². The van der Waals surface area contributed by atoms with Crippen LogP contribution in [0.4, 0.5) is 5.82 Å². The van der Waals surface area contributed by atoms with E-state index in [1.807, 2.05) is 0 Å². The van der Waals surface area contributed by atoms with Crippen molar-refractivity contribution >= 4 is 11.8 Å². The zero-order valence-corrected chi connectivity index (χ0v) is 11.7. The van der Waals surface area contributed by atoms with E-state index in [9.17, 15) is 4.79 Å². The zero-order valence-electron chi connectivity index (χ0n) is 11.7. The summed E-state index contributed by atoms with van der Waals surface area (Å²) in [5.74, 6) is -0.278. The first-order valence-corrected chi connectivity index (χ1v) is 6.41. The Kier molecular flexibility index (Phi) is 5.30. The van der Waals surface area contributed by atoms with E-state index in [-0.39, 0.29) is 17.6 Å². The van der Waals surface area contributed by atoms with Gasteiger partial charge in [0, 0.05) is 13.2 Å². The SMILES string of the molecule is Cc1nc(NCC(C)(C)CCCO)ccc1C(=O)O. The number of anilines is 1. The van der Waals surface area contributed by atoms with Crippen LogP contribution in [-0.4, -0.2) is 34.3 Å². The number of aliphatic hydroxyl groups excluding tert-OH is 1. The molecule has 0 aliphatic carbocycles. The Hall–Kier alpha value is -1.62. The van der Waals surface area contributed by atoms with Crippen LogP contribution in [0, 0.1) is 12.3 Å². The maximum absolute atomic E-state index is 10.9. The summed E-state index contributed by atoms with van der Waals surface area (Å²) in [6, 6.07) is 3.24. The van der Waals surface area contributed by atoms with Gasteiger partial charge < -0.3 is 15.5 Å². The van der Waals surface area contributed by atoms with Crippen molar-refractivity contribution in [2.45, 2.75) is 33.6 Å². The Morgan fingerprint density at radius 3 is 2.63 bits per heavy atom. The molecule has 5 nitrogen and oxygen atoms in total. The number of aromatic nitrogens is 1. The lowest BCUT2D eigenvalue weighted by Gasteiger charge is -2.25. The lowest BCUT2D eigenvalue weighted by Crippen LogP contribution is -2.24. The molecule has 1 aromatic heterocycles. The topological polar surface area (TPSA) is 82.5 Å². The number of nitrogens with one attached hydrogen (secondary N) is 1. The Bertz CT molecular complexity index is 444. The van der Waals surface area contributed by atoms with Crippen molar-refractivity contribution in [1.82, 2.24) is 4.98 Å². The first-order valence-electron chi connectivity index (χ1n) is 6.41. The van der Waals surface area contributed by atoms with Crippen LogP contribution < -0.4 is 5.32 Å². The van der Waals surface area contributed by atoms with Crippen molar-refractivity contribution in [3.63, 3.8) is 0 Å². The number of carbonyl (C=O) groups is 1. The van der Waals surface area contributed by atoms with Crippen LogP contribution >= 0.6 is 0 Å². The molecule has 0 aromatic carbocycles. The maximum Gasteiger partial charge on any atom is 0.337 e. The molecule has 3 N–H and O–H groups in total. The number of aromatic carboxylic acids is 1. The van der Waals surface area contributed by atoms with Gasteiger partial charge >= 0.3 is 5.97 Å². The molecule has 1 heterocycles. The average molecular weight is 266 g/mol. The second kappa shape index (κ2) is 6.52. The fourth-order valence-electron chi connectivity index (χ4n) is 1.86. The highest BCUT2D eigenvalue weighted by atomic mass is 16.4.